The van der Waals surface area contributed by atoms with E-state index in [9.17, 15) is 0 Å². The predicted molar refractivity (Wildman–Crippen MR) is 64.0 cm³/mol. The molecule has 0 atom stereocenters. The Kier molecular flexibility index (Phi) is 5.68. The summed E-state index contributed by atoms with van der Waals surface area (Å²) < 4.78 is 0. The van der Waals surface area contributed by atoms with E-state index < -0.39 is 0 Å². The van der Waals surface area contributed by atoms with Crippen molar-refractivity contribution in [3.05, 3.63) is 23.9 Å². The molecule has 84 valence electrons. The fraction of sp³-hybridized carbons (Fsp3) is 0.545. The van der Waals surface area contributed by atoms with Crippen LogP contribution in [0.5, 0.6) is 0 Å². The van der Waals surface area contributed by atoms with Crippen molar-refractivity contribution in [2.45, 2.75) is 31.5 Å². The van der Waals surface area contributed by atoms with E-state index >= 15 is 0 Å². The van der Waals surface area contributed by atoms with Crippen LogP contribution in [0.25, 0.3) is 0 Å². The van der Waals surface area contributed by atoms with E-state index in [1.54, 1.807) is 18.0 Å². The van der Waals surface area contributed by atoms with Crippen LogP contribution < -0.4 is 5.32 Å². The first-order valence-corrected chi connectivity index (χ1v) is 6.13. The molecule has 0 saturated carbocycles. The quantitative estimate of drug-likeness (QED) is 0.724. The number of hydrogen-bond acceptors (Lipinski definition) is 4. The third kappa shape index (κ3) is 4.64. The summed E-state index contributed by atoms with van der Waals surface area (Å²) in [4.78, 5) is 4.31. The van der Waals surface area contributed by atoms with Crippen molar-refractivity contribution in [3.8, 4) is 0 Å². The minimum atomic E-state index is 0.193. The number of pyridine rings is 1. The zero-order valence-electron chi connectivity index (χ0n) is 9.23. The molecule has 2 N–H and O–H groups in total. The second-order valence-electron chi connectivity index (χ2n) is 3.58. The van der Waals surface area contributed by atoms with Gasteiger partial charge in [0.25, 0.3) is 0 Å². The molecule has 4 heteroatoms. The molecule has 1 aromatic heterocycles. The van der Waals surface area contributed by atoms with Crippen LogP contribution in [0.3, 0.4) is 0 Å². The summed E-state index contributed by atoms with van der Waals surface area (Å²) in [6, 6.07) is 4.49. The van der Waals surface area contributed by atoms with Gasteiger partial charge in [-0.05, 0) is 11.6 Å². The van der Waals surface area contributed by atoms with Crippen molar-refractivity contribution in [3.63, 3.8) is 0 Å². The lowest BCUT2D eigenvalue weighted by atomic mass is 10.2. The van der Waals surface area contributed by atoms with E-state index in [0.717, 1.165) is 11.6 Å². The first-order valence-electron chi connectivity index (χ1n) is 5.15. The zero-order chi connectivity index (χ0) is 11.1. The Balaban J connectivity index is 2.59. The van der Waals surface area contributed by atoms with Crippen LogP contribution in [0.2, 0.25) is 0 Å². The average molecular weight is 226 g/mol. The Morgan fingerprint density at radius 2 is 2.33 bits per heavy atom. The Morgan fingerprint density at radius 1 is 1.53 bits per heavy atom. The molecule has 0 aromatic carbocycles. The van der Waals surface area contributed by atoms with Gasteiger partial charge in [-0.1, -0.05) is 19.9 Å². The summed E-state index contributed by atoms with van der Waals surface area (Å²) in [5, 5.41) is 13.1. The van der Waals surface area contributed by atoms with E-state index in [-0.39, 0.29) is 6.61 Å². The number of thioether (sulfide) groups is 1. The van der Waals surface area contributed by atoms with E-state index in [0.29, 0.717) is 11.8 Å². The van der Waals surface area contributed by atoms with Crippen molar-refractivity contribution in [2.75, 3.05) is 12.4 Å². The maximum atomic E-state index is 8.77. The summed E-state index contributed by atoms with van der Waals surface area (Å²) in [6.07, 6.45) is 1.79. The highest BCUT2D eigenvalue weighted by atomic mass is 32.2. The van der Waals surface area contributed by atoms with E-state index in [1.165, 1.54) is 5.56 Å². The van der Waals surface area contributed by atoms with Crippen molar-refractivity contribution < 1.29 is 5.11 Å². The number of aliphatic hydroxyl groups is 1. The van der Waals surface area contributed by atoms with E-state index in [4.69, 9.17) is 5.11 Å². The smallest absolute Gasteiger partial charge is 0.101 e. The fourth-order valence-electron chi connectivity index (χ4n) is 1.15. The molecular weight excluding hydrogens is 208 g/mol. The molecular formula is C11H18N2OS. The van der Waals surface area contributed by atoms with E-state index in [2.05, 4.69) is 30.2 Å². The number of nitrogens with one attached hydrogen (secondary N) is 1. The minimum Gasteiger partial charge on any atom is -0.396 e. The highest BCUT2D eigenvalue weighted by Crippen LogP contribution is 2.19. The molecule has 0 unspecified atom stereocenters. The highest BCUT2D eigenvalue weighted by molar-refractivity contribution is 7.99. The number of rotatable bonds is 6. The molecule has 0 aliphatic carbocycles. The van der Waals surface area contributed by atoms with Gasteiger partial charge in [0.15, 0.2) is 0 Å². The molecule has 0 radical (unpaired) electrons. The number of aromatic nitrogens is 1. The van der Waals surface area contributed by atoms with Gasteiger partial charge in [-0.3, -0.25) is 0 Å². The average Bonchev–Trinajstić information content (AvgIpc) is 2.24. The highest BCUT2D eigenvalue weighted by Gasteiger charge is 2.03. The molecule has 0 bridgehead atoms. The van der Waals surface area contributed by atoms with Crippen LogP contribution in [0.4, 0.5) is 0 Å². The van der Waals surface area contributed by atoms with Gasteiger partial charge >= 0.3 is 0 Å². The van der Waals surface area contributed by atoms with Crippen molar-refractivity contribution in [1.82, 2.24) is 10.3 Å². The maximum absolute atomic E-state index is 8.77. The van der Waals surface area contributed by atoms with Crippen LogP contribution in [0, 0.1) is 0 Å². The molecule has 0 fully saturated rings. The topological polar surface area (TPSA) is 45.2 Å². The normalized spacial score (nSPS) is 10.9. The Bertz CT molecular complexity index is 292. The molecule has 0 amide bonds. The molecule has 1 heterocycles. The molecule has 1 aromatic rings. The molecule has 0 spiro atoms. The van der Waals surface area contributed by atoms with Crippen LogP contribution in [0.15, 0.2) is 23.4 Å². The monoisotopic (exact) mass is 226 g/mol. The van der Waals surface area contributed by atoms with Gasteiger partial charge in [0, 0.05) is 24.5 Å². The van der Waals surface area contributed by atoms with Crippen LogP contribution >= 0.6 is 11.8 Å². The zero-order valence-corrected chi connectivity index (χ0v) is 10.0. The van der Waals surface area contributed by atoms with Crippen LogP contribution in [0.1, 0.15) is 19.4 Å². The maximum Gasteiger partial charge on any atom is 0.101 e. The first-order chi connectivity index (χ1) is 7.24. The van der Waals surface area contributed by atoms with Gasteiger partial charge in [-0.15, -0.1) is 11.8 Å². The standard InChI is InChI=1S/C11H18N2OS/c1-9(2)13-8-10-4-3-5-12-11(10)15-7-6-14/h3-5,9,13-14H,6-8H2,1-2H3. The minimum absolute atomic E-state index is 0.193. The Morgan fingerprint density at radius 3 is 3.00 bits per heavy atom. The molecule has 3 nitrogen and oxygen atoms in total. The Labute approximate surface area is 95.3 Å². The lowest BCUT2D eigenvalue weighted by Crippen LogP contribution is -2.22. The molecule has 0 aliphatic heterocycles. The summed E-state index contributed by atoms with van der Waals surface area (Å²) in [7, 11) is 0. The van der Waals surface area contributed by atoms with Gasteiger partial charge in [0.2, 0.25) is 0 Å². The van der Waals surface area contributed by atoms with Crippen molar-refractivity contribution in [1.29, 1.82) is 0 Å². The Hall–Kier alpha value is -0.580. The third-order valence-corrected chi connectivity index (χ3v) is 2.91. The lowest BCUT2D eigenvalue weighted by molar-refractivity contribution is 0.322. The van der Waals surface area contributed by atoms with Gasteiger partial charge < -0.3 is 10.4 Å². The summed E-state index contributed by atoms with van der Waals surface area (Å²) >= 11 is 1.60. The number of aliphatic hydroxyl groups excluding tert-OH is 1. The SMILES string of the molecule is CC(C)NCc1cccnc1SCCO. The first kappa shape index (κ1) is 12.5. The lowest BCUT2D eigenvalue weighted by Gasteiger charge is -2.10. The van der Waals surface area contributed by atoms with Gasteiger partial charge in [0.05, 0.1) is 6.61 Å². The largest absolute Gasteiger partial charge is 0.396 e. The fourth-order valence-corrected chi connectivity index (χ4v) is 1.89. The van der Waals surface area contributed by atoms with E-state index in [1.807, 2.05) is 6.07 Å². The summed E-state index contributed by atoms with van der Waals surface area (Å²) in [5.41, 5.74) is 1.20. The van der Waals surface area contributed by atoms with Crippen molar-refractivity contribution >= 4 is 11.8 Å². The molecule has 1 rings (SSSR count). The second-order valence-corrected chi connectivity index (χ2v) is 4.66. The predicted octanol–water partition coefficient (Wildman–Crippen LogP) is 1.66. The molecule has 0 aliphatic rings. The second kappa shape index (κ2) is 6.82. The number of nitrogens with zero attached hydrogens (tertiary/aromatic N) is 1. The summed E-state index contributed by atoms with van der Waals surface area (Å²) in [6.45, 7) is 5.27. The molecule has 15 heavy (non-hydrogen) atoms. The number of hydrogen-bond donors (Lipinski definition) is 2. The van der Waals surface area contributed by atoms with Crippen LogP contribution in [-0.4, -0.2) is 28.5 Å². The third-order valence-electron chi connectivity index (χ3n) is 1.88. The van der Waals surface area contributed by atoms with Crippen LogP contribution in [-0.2, 0) is 6.54 Å². The summed E-state index contributed by atoms with van der Waals surface area (Å²) in [5.74, 6) is 0.700. The van der Waals surface area contributed by atoms with Gasteiger partial charge in [0.1, 0.15) is 5.03 Å². The van der Waals surface area contributed by atoms with Crippen molar-refractivity contribution in [2.24, 2.45) is 0 Å². The van der Waals surface area contributed by atoms with Gasteiger partial charge in [-0.25, -0.2) is 4.98 Å². The van der Waals surface area contributed by atoms with Gasteiger partial charge in [-0.2, -0.15) is 0 Å². The molecule has 0 saturated heterocycles.